The van der Waals surface area contributed by atoms with E-state index in [-0.39, 0.29) is 0 Å². The van der Waals surface area contributed by atoms with Crippen LogP contribution in [0.5, 0.6) is 0 Å². The molecule has 0 nitrogen and oxygen atoms in total. The summed E-state index contributed by atoms with van der Waals surface area (Å²) >= 11 is 0. The van der Waals surface area contributed by atoms with Crippen LogP contribution in [0.3, 0.4) is 0 Å². The molecular formula is C15H20. The minimum atomic E-state index is 0.863. The van der Waals surface area contributed by atoms with Crippen molar-refractivity contribution in [3.63, 3.8) is 0 Å². The van der Waals surface area contributed by atoms with E-state index in [9.17, 15) is 0 Å². The van der Waals surface area contributed by atoms with Crippen LogP contribution in [0.4, 0.5) is 0 Å². The lowest BCUT2D eigenvalue weighted by atomic mass is 9.73. The van der Waals surface area contributed by atoms with Gasteiger partial charge < -0.3 is 0 Å². The van der Waals surface area contributed by atoms with Crippen LogP contribution in [0.1, 0.15) is 38.2 Å². The molecule has 0 heteroatoms. The Morgan fingerprint density at radius 3 is 2.27 bits per heavy atom. The first-order chi connectivity index (χ1) is 7.27. The fourth-order valence-electron chi connectivity index (χ4n) is 4.02. The van der Waals surface area contributed by atoms with E-state index < -0.39 is 0 Å². The van der Waals surface area contributed by atoms with Crippen molar-refractivity contribution in [2.45, 2.75) is 32.6 Å². The zero-order valence-corrected chi connectivity index (χ0v) is 9.69. The molecule has 15 heavy (non-hydrogen) atoms. The van der Waals surface area contributed by atoms with Gasteiger partial charge in [0.2, 0.25) is 0 Å². The predicted molar refractivity (Wildman–Crippen MR) is 63.7 cm³/mol. The van der Waals surface area contributed by atoms with E-state index in [2.05, 4.69) is 44.2 Å². The summed E-state index contributed by atoms with van der Waals surface area (Å²) in [7, 11) is 0. The number of hydrogen-bond donors (Lipinski definition) is 0. The molecule has 2 aliphatic rings. The minimum absolute atomic E-state index is 0.863. The average Bonchev–Trinajstić information content (AvgIpc) is 2.82. The Morgan fingerprint density at radius 1 is 0.933 bits per heavy atom. The molecule has 0 heterocycles. The van der Waals surface area contributed by atoms with Crippen molar-refractivity contribution < 1.29 is 0 Å². The molecule has 3 unspecified atom stereocenters. The molecule has 3 rings (SSSR count). The Hall–Kier alpha value is -0.780. The molecule has 2 bridgehead atoms. The first-order valence-electron chi connectivity index (χ1n) is 6.32. The highest BCUT2D eigenvalue weighted by molar-refractivity contribution is 5.23. The molecule has 80 valence electrons. The van der Waals surface area contributed by atoms with Crippen LogP contribution in [-0.2, 0) is 0 Å². The lowest BCUT2D eigenvalue weighted by molar-refractivity contribution is 0.232. The summed E-state index contributed by atoms with van der Waals surface area (Å²) in [5.74, 6) is 4.74. The molecule has 0 N–H and O–H groups in total. The van der Waals surface area contributed by atoms with Gasteiger partial charge in [-0.25, -0.2) is 0 Å². The maximum absolute atomic E-state index is 2.46. The van der Waals surface area contributed by atoms with Gasteiger partial charge in [-0.05, 0) is 48.0 Å². The van der Waals surface area contributed by atoms with E-state index in [1.807, 2.05) is 0 Å². The smallest absolute Gasteiger partial charge is 0.0128 e. The largest absolute Gasteiger partial charge is 0.0622 e. The summed E-state index contributed by atoms with van der Waals surface area (Å²) in [5, 5.41) is 0. The van der Waals surface area contributed by atoms with Gasteiger partial charge in [0.1, 0.15) is 0 Å². The van der Waals surface area contributed by atoms with Gasteiger partial charge in [-0.3, -0.25) is 0 Å². The van der Waals surface area contributed by atoms with E-state index in [0.29, 0.717) is 0 Å². The quantitative estimate of drug-likeness (QED) is 0.640. The van der Waals surface area contributed by atoms with Gasteiger partial charge in [-0.2, -0.15) is 0 Å². The van der Waals surface area contributed by atoms with E-state index in [1.165, 1.54) is 12.8 Å². The molecule has 2 fully saturated rings. The van der Waals surface area contributed by atoms with Crippen LogP contribution >= 0.6 is 0 Å². The van der Waals surface area contributed by atoms with Gasteiger partial charge in [0.05, 0.1) is 0 Å². The fourth-order valence-corrected chi connectivity index (χ4v) is 4.02. The van der Waals surface area contributed by atoms with Crippen LogP contribution in [0.25, 0.3) is 0 Å². The molecule has 1 aromatic carbocycles. The van der Waals surface area contributed by atoms with E-state index >= 15 is 0 Å². The molecule has 0 amide bonds. The van der Waals surface area contributed by atoms with Crippen molar-refractivity contribution in [3.8, 4) is 0 Å². The van der Waals surface area contributed by atoms with Gasteiger partial charge in [-0.1, -0.05) is 44.2 Å². The fraction of sp³-hybridized carbons (Fsp3) is 0.600. The normalized spacial score (nSPS) is 43.5. The van der Waals surface area contributed by atoms with E-state index in [4.69, 9.17) is 0 Å². The van der Waals surface area contributed by atoms with Crippen LogP contribution in [-0.4, -0.2) is 0 Å². The highest BCUT2D eigenvalue weighted by Gasteiger charge is 2.48. The van der Waals surface area contributed by atoms with Crippen LogP contribution < -0.4 is 0 Å². The first-order valence-corrected chi connectivity index (χ1v) is 6.32. The van der Waals surface area contributed by atoms with Crippen molar-refractivity contribution in [2.75, 3.05) is 0 Å². The second kappa shape index (κ2) is 3.37. The highest BCUT2D eigenvalue weighted by atomic mass is 14.5. The van der Waals surface area contributed by atoms with Crippen molar-refractivity contribution >= 4 is 0 Å². The molecular weight excluding hydrogens is 180 g/mol. The number of fused-ring (bicyclic) bond motifs is 2. The number of rotatable bonds is 1. The first kappa shape index (κ1) is 9.45. The second-order valence-corrected chi connectivity index (χ2v) is 5.63. The standard InChI is InChI=1S/C15H20/c1-10-11(2)14-8-13(10)9-15(14)12-6-4-3-5-7-12/h3-7,10-11,13-15H,8-9H2,1-2H3/t10?,11?,13-,14-,15?/m1/s1. The monoisotopic (exact) mass is 200 g/mol. The molecule has 1 aromatic rings. The average molecular weight is 200 g/mol. The molecule has 2 aliphatic carbocycles. The molecule has 0 aliphatic heterocycles. The predicted octanol–water partition coefficient (Wildman–Crippen LogP) is 4.08. The van der Waals surface area contributed by atoms with Gasteiger partial charge in [-0.15, -0.1) is 0 Å². The van der Waals surface area contributed by atoms with Crippen molar-refractivity contribution in [1.82, 2.24) is 0 Å². The van der Waals surface area contributed by atoms with Gasteiger partial charge in [0.15, 0.2) is 0 Å². The molecule has 0 radical (unpaired) electrons. The third-order valence-corrected chi connectivity index (χ3v) is 5.12. The summed E-state index contributed by atoms with van der Waals surface area (Å²) in [6.07, 6.45) is 2.93. The zero-order chi connectivity index (χ0) is 10.4. The summed E-state index contributed by atoms with van der Waals surface area (Å²) in [4.78, 5) is 0. The van der Waals surface area contributed by atoms with E-state index in [1.54, 1.807) is 5.56 Å². The molecule has 0 spiro atoms. The lowest BCUT2D eigenvalue weighted by Crippen LogP contribution is -2.22. The Bertz CT molecular complexity index is 338. The van der Waals surface area contributed by atoms with E-state index in [0.717, 1.165) is 29.6 Å². The van der Waals surface area contributed by atoms with Gasteiger partial charge in [0, 0.05) is 0 Å². The lowest BCUT2D eigenvalue weighted by Gasteiger charge is -2.32. The Balaban J connectivity index is 1.87. The SMILES string of the molecule is CC1C(C)[C@H]2C[C@@H]1CC2c1ccccc1. The topological polar surface area (TPSA) is 0 Å². The zero-order valence-electron chi connectivity index (χ0n) is 9.69. The maximum atomic E-state index is 2.46. The highest BCUT2D eigenvalue weighted by Crippen LogP contribution is 2.58. The number of hydrogen-bond acceptors (Lipinski definition) is 0. The van der Waals surface area contributed by atoms with Crippen LogP contribution in [0, 0.1) is 23.7 Å². The number of benzene rings is 1. The van der Waals surface area contributed by atoms with Gasteiger partial charge >= 0.3 is 0 Å². The van der Waals surface area contributed by atoms with Crippen LogP contribution in [0.15, 0.2) is 30.3 Å². The third kappa shape index (κ3) is 1.34. The van der Waals surface area contributed by atoms with Crippen molar-refractivity contribution in [1.29, 1.82) is 0 Å². The Morgan fingerprint density at radius 2 is 1.67 bits per heavy atom. The molecule has 5 atom stereocenters. The van der Waals surface area contributed by atoms with Gasteiger partial charge in [0.25, 0.3) is 0 Å². The summed E-state index contributed by atoms with van der Waals surface area (Å²) in [6.45, 7) is 4.92. The maximum Gasteiger partial charge on any atom is -0.0128 e. The molecule has 2 saturated carbocycles. The summed E-state index contributed by atoms with van der Waals surface area (Å²) in [5.41, 5.74) is 1.59. The summed E-state index contributed by atoms with van der Waals surface area (Å²) < 4.78 is 0. The van der Waals surface area contributed by atoms with Crippen LogP contribution in [0.2, 0.25) is 0 Å². The minimum Gasteiger partial charge on any atom is -0.0622 e. The Kier molecular flexibility index (Phi) is 2.12. The second-order valence-electron chi connectivity index (χ2n) is 5.63. The van der Waals surface area contributed by atoms with Crippen molar-refractivity contribution in [2.24, 2.45) is 23.7 Å². The molecule has 0 aromatic heterocycles. The summed E-state index contributed by atoms with van der Waals surface area (Å²) in [6, 6.07) is 11.2. The molecule has 0 saturated heterocycles. The third-order valence-electron chi connectivity index (χ3n) is 5.12. The van der Waals surface area contributed by atoms with Crippen molar-refractivity contribution in [3.05, 3.63) is 35.9 Å². The Labute approximate surface area is 92.7 Å².